The molecule has 0 aromatic heterocycles. The van der Waals surface area contributed by atoms with Crippen molar-refractivity contribution in [3.8, 4) is 119 Å². The first kappa shape index (κ1) is 75.4. The third-order valence-corrected chi connectivity index (χ3v) is 11.6. The molecule has 4 atom stereocenters. The molecule has 4 unspecified atom stereocenters. The fourth-order valence-corrected chi connectivity index (χ4v) is 5.78. The van der Waals surface area contributed by atoms with Crippen LogP contribution in [0, 0.1) is 119 Å². The average Bonchev–Trinajstić information content (AvgIpc) is 3.91. The van der Waals surface area contributed by atoms with Crippen molar-refractivity contribution < 1.29 is 103 Å². The number of terminal acetylenes is 1. The number of likely N-dealkylation sites (N-methyl/N-ethyl adjacent to an activating group) is 5. The van der Waals surface area contributed by atoms with Gasteiger partial charge in [0, 0.05) is 86.2 Å². The second-order valence-corrected chi connectivity index (χ2v) is 19.9. The number of rotatable bonds is 11. The largest absolute Gasteiger partial charge is 1.00 e. The van der Waals surface area contributed by atoms with Gasteiger partial charge in [0.15, 0.2) is 11.7 Å². The van der Waals surface area contributed by atoms with Crippen LogP contribution in [0.5, 0.6) is 0 Å². The van der Waals surface area contributed by atoms with E-state index in [2.05, 4.69) is 190 Å². The van der Waals surface area contributed by atoms with E-state index in [1.807, 2.05) is 20.9 Å². The lowest BCUT2D eigenvalue weighted by molar-refractivity contribution is -0.820. The first-order valence-corrected chi connectivity index (χ1v) is 26.0. The summed E-state index contributed by atoms with van der Waals surface area (Å²) >= 11 is 0. The minimum absolute atomic E-state index is 0. The number of amidine groups is 3. The highest BCUT2D eigenvalue weighted by Gasteiger charge is 2.41. The molecular weight excluding hydrogens is 1040 g/mol. The Morgan fingerprint density at radius 1 is 0.737 bits per heavy atom. The summed E-state index contributed by atoms with van der Waals surface area (Å²) in [5, 5.41) is 20.5. The van der Waals surface area contributed by atoms with Gasteiger partial charge in [-0.2, -0.15) is 0 Å². The average molecular weight is 1150 g/mol. The maximum atomic E-state index is 12.3. The van der Waals surface area contributed by atoms with Crippen molar-refractivity contribution in [1.82, 2.24) is 15.1 Å². The number of hydrogen-bond donors (Lipinski definition) is 1. The van der Waals surface area contributed by atoms with Gasteiger partial charge in [-0.05, 0) is 115 Å². The monoisotopic (exact) mass is 1150 g/mol. The van der Waals surface area contributed by atoms with Crippen LogP contribution in [0.25, 0.3) is 0 Å². The minimum Gasteiger partial charge on any atom is -1.00 e. The predicted molar refractivity (Wildman–Crippen MR) is 328 cm³/mol. The molecule has 0 aromatic carbocycles. The Bertz CT molecular complexity index is 3010. The second-order valence-electron chi connectivity index (χ2n) is 16.8. The highest BCUT2D eigenvalue weighted by molar-refractivity contribution is 7.86. The lowest BCUT2D eigenvalue weighted by Gasteiger charge is -2.32. The van der Waals surface area contributed by atoms with Crippen molar-refractivity contribution in [2.75, 3.05) is 113 Å². The molecule has 450 valence electrons. The van der Waals surface area contributed by atoms with Crippen molar-refractivity contribution >= 4 is 55.5 Å². The van der Waals surface area contributed by atoms with Crippen LogP contribution in [0.15, 0.2) is 15.0 Å². The third kappa shape index (κ3) is 34.4. The summed E-state index contributed by atoms with van der Waals surface area (Å²) in [6.45, 7) is 21.6. The van der Waals surface area contributed by atoms with Crippen LogP contribution >= 0.6 is 0 Å². The number of carbonyl (C=O) groups is 3. The normalized spacial score (nSPS) is 18.1. The maximum Gasteiger partial charge on any atom is 0.299 e. The number of nitrogens with one attached hydrogen (secondary N) is 1. The molecule has 0 bridgehead atoms. The SMILES string of the molecule is C.C#CC#CC#CC#CC#CC#CC#CC#CC#CC#CC(=O)N(CC)CC[N+]1(C)CCN=C1C.CC(=O)N(C)CC1=NC(C)C(C)[N+]1(C)C.CC(=O)NCC[N+]1(C)CCN=C1C.CS(=O)(=O)O[O-].CS(=O)(=O)O[O-].[Cl-].[HH].[HH].[HH].[HH].[HH].[HH].[HH].[HH].[HH].[HH].[HH].[HH].[HH].[HH].[HH].[HH].[HH].[HH].[HH]. The molecule has 0 aromatic rings. The number of carbonyl (C=O) groups excluding carboxylic acids is 3. The topological polar surface area (TPSA) is 240 Å². The number of halogens is 1. The van der Waals surface area contributed by atoms with Crippen LogP contribution < -0.4 is 28.2 Å². The highest BCUT2D eigenvalue weighted by Crippen LogP contribution is 2.22. The van der Waals surface area contributed by atoms with E-state index in [0.29, 0.717) is 44.2 Å². The van der Waals surface area contributed by atoms with E-state index in [0.717, 1.165) is 70.9 Å². The van der Waals surface area contributed by atoms with Crippen LogP contribution in [-0.2, 0) is 43.3 Å². The van der Waals surface area contributed by atoms with Gasteiger partial charge in [0.05, 0.1) is 66.9 Å². The summed E-state index contributed by atoms with van der Waals surface area (Å²) in [4.78, 5) is 51.0. The van der Waals surface area contributed by atoms with Gasteiger partial charge in [-0.15, -0.1) is 6.42 Å². The Morgan fingerprint density at radius 2 is 1.11 bits per heavy atom. The number of aliphatic imine (C=N–C) groups is 3. The Kier molecular flexibility index (Phi) is 39.1. The van der Waals surface area contributed by atoms with Gasteiger partial charge >= 0.3 is 0 Å². The molecular formula is C53H108ClN9O11S2. The quantitative estimate of drug-likeness (QED) is 0.124. The number of hydrogen-bond acceptors (Lipinski definition) is 14. The molecule has 0 fully saturated rings. The molecule has 3 heterocycles. The van der Waals surface area contributed by atoms with Crippen LogP contribution in [0.2, 0.25) is 0 Å². The molecule has 0 saturated carbocycles. The van der Waals surface area contributed by atoms with Crippen molar-refractivity contribution in [3.05, 3.63) is 0 Å². The summed E-state index contributed by atoms with van der Waals surface area (Å²) in [5.41, 5.74) is 0. The first-order chi connectivity index (χ1) is 34.5. The van der Waals surface area contributed by atoms with E-state index in [-0.39, 0.29) is 64.7 Å². The van der Waals surface area contributed by atoms with Gasteiger partial charge < -0.3 is 46.7 Å². The molecule has 1 N–H and O–H groups in total. The zero-order valence-corrected chi connectivity index (χ0v) is 47.5. The smallest absolute Gasteiger partial charge is 0.299 e. The van der Waals surface area contributed by atoms with E-state index in [1.165, 1.54) is 5.84 Å². The summed E-state index contributed by atoms with van der Waals surface area (Å²) < 4.78 is 45.6. The Hall–Kier alpha value is -7.07. The fraction of sp³-hybridized carbons (Fsp3) is 0.509. The molecule has 3 rings (SSSR count). The third-order valence-electron chi connectivity index (χ3n) is 11.1. The second kappa shape index (κ2) is 39.4. The standard InChI is InChI=1S/C30H20N3O.C11H22N3O.C9H17N3O.2CH4O4S.CH4.ClH.19H2/c1-5-7-8-9-10-11-12-13-14-15-16-17-18-19-20-21-22-23-24-30(34)32(6-2)26-28-33(4)27-25-31-29(33)3;1-8-9(2)14(5,6)11(12-8)7-13(4)10(3)15;1-8-10-4-6-12(8,3)7-5-11-9(2)13;2*1-6(3,4)5-2;;;;;;;;;;;;;;;;;;;;;/h1H,6,25-28H2,2-4H3;8-9H,7H2,1-6H3;4-7H2,1-3H3;2*2H,1H3;1H4;20*1H/q2*+1;;;;;;;;;;;;;;;;;;;;;;;;/p-2. The summed E-state index contributed by atoms with van der Waals surface area (Å²) in [7, 11) is 2.98. The summed E-state index contributed by atoms with van der Waals surface area (Å²) in [5.74, 6) is 50.2. The predicted octanol–water partition coefficient (Wildman–Crippen LogP) is -0.102. The van der Waals surface area contributed by atoms with Gasteiger partial charge in [-0.3, -0.25) is 27.8 Å². The zero-order chi connectivity index (χ0) is 57.0. The van der Waals surface area contributed by atoms with Gasteiger partial charge in [-0.25, -0.2) is 31.8 Å². The van der Waals surface area contributed by atoms with E-state index in [4.69, 9.17) is 16.9 Å². The van der Waals surface area contributed by atoms with E-state index >= 15 is 0 Å². The fourth-order valence-electron chi connectivity index (χ4n) is 5.78. The lowest BCUT2D eigenvalue weighted by Crippen LogP contribution is -3.00. The number of quaternary nitrogens is 3. The highest BCUT2D eigenvalue weighted by atomic mass is 35.5. The zero-order valence-electron chi connectivity index (χ0n) is 45.1. The van der Waals surface area contributed by atoms with Crippen LogP contribution in [0.4, 0.5) is 0 Å². The maximum absolute atomic E-state index is 12.3. The van der Waals surface area contributed by atoms with Gasteiger partial charge in [-0.1, -0.05) is 7.43 Å². The summed E-state index contributed by atoms with van der Waals surface area (Å²) in [6, 6.07) is 0.829. The Labute approximate surface area is 488 Å². The van der Waals surface area contributed by atoms with E-state index in [9.17, 15) is 31.2 Å². The molecule has 20 nitrogen and oxygen atoms in total. The van der Waals surface area contributed by atoms with Crippen LogP contribution in [0.1, 0.15) is 83.0 Å². The Morgan fingerprint density at radius 3 is 1.39 bits per heavy atom. The van der Waals surface area contributed by atoms with Crippen LogP contribution in [-0.4, -0.2) is 201 Å². The van der Waals surface area contributed by atoms with Crippen molar-refractivity contribution in [3.63, 3.8) is 0 Å². The molecule has 0 saturated heterocycles. The lowest BCUT2D eigenvalue weighted by atomic mass is 10.1. The van der Waals surface area contributed by atoms with Crippen LogP contribution in [0.3, 0.4) is 0 Å². The minimum atomic E-state index is -3.72. The van der Waals surface area contributed by atoms with E-state index in [1.54, 1.807) is 23.6 Å². The number of amides is 3. The molecule has 3 aliphatic rings. The van der Waals surface area contributed by atoms with Gasteiger partial charge in [0.2, 0.25) is 17.6 Å². The van der Waals surface area contributed by atoms with E-state index < -0.39 is 20.2 Å². The Balaban J connectivity index is -0.0000000348. The van der Waals surface area contributed by atoms with Gasteiger partial charge in [0.25, 0.3) is 26.1 Å². The van der Waals surface area contributed by atoms with Crippen molar-refractivity contribution in [2.45, 2.75) is 68.0 Å². The van der Waals surface area contributed by atoms with Crippen molar-refractivity contribution in [1.29, 1.82) is 0 Å². The molecule has 23 heteroatoms. The molecule has 0 radical (unpaired) electrons. The van der Waals surface area contributed by atoms with Crippen molar-refractivity contribution in [2.24, 2.45) is 15.0 Å². The summed E-state index contributed by atoms with van der Waals surface area (Å²) in [6.07, 6.45) is 6.30. The molecule has 76 heavy (non-hydrogen) atoms. The van der Waals surface area contributed by atoms with Gasteiger partial charge in [0.1, 0.15) is 44.8 Å². The molecule has 3 amide bonds. The molecule has 0 spiro atoms. The first-order valence-electron chi connectivity index (χ1n) is 22.3. The number of nitrogens with zero attached hydrogens (tertiary/aromatic N) is 8. The molecule has 3 aliphatic heterocycles. The molecule has 0 aliphatic carbocycles.